The maximum atomic E-state index is 12.2. The zero-order valence-corrected chi connectivity index (χ0v) is 13.8. The van der Waals surface area contributed by atoms with Gasteiger partial charge in [-0.3, -0.25) is 14.6 Å². The molecule has 2 rings (SSSR count). The first-order chi connectivity index (χ1) is 11.1. The summed E-state index contributed by atoms with van der Waals surface area (Å²) in [5.74, 6) is 0.0664. The van der Waals surface area contributed by atoms with Crippen LogP contribution in [-0.2, 0) is 4.74 Å². The number of nitrogens with one attached hydrogen (secondary N) is 2. The summed E-state index contributed by atoms with van der Waals surface area (Å²) in [4.78, 5) is 28.2. The highest BCUT2D eigenvalue weighted by Gasteiger charge is 2.17. The van der Waals surface area contributed by atoms with Crippen molar-refractivity contribution in [2.24, 2.45) is 5.92 Å². The molecule has 0 aliphatic carbocycles. The fraction of sp³-hybridized carbons (Fsp3) is 0.588. The van der Waals surface area contributed by atoms with Gasteiger partial charge in [0.15, 0.2) is 0 Å². The summed E-state index contributed by atoms with van der Waals surface area (Å²) in [6, 6.07) is 3.13. The van der Waals surface area contributed by atoms with E-state index < -0.39 is 0 Å². The predicted octanol–water partition coefficient (Wildman–Crippen LogP) is 1.77. The number of ether oxygens (including phenoxy) is 1. The molecule has 0 bridgehead atoms. The maximum absolute atomic E-state index is 12.2. The maximum Gasteiger partial charge on any atom is 0.269 e. The van der Waals surface area contributed by atoms with Crippen molar-refractivity contribution in [3.05, 3.63) is 29.6 Å². The van der Waals surface area contributed by atoms with Gasteiger partial charge in [0, 0.05) is 31.5 Å². The first-order valence-electron chi connectivity index (χ1n) is 8.20. The molecule has 1 fully saturated rings. The molecule has 23 heavy (non-hydrogen) atoms. The molecular formula is C17H25N3O3. The smallest absolute Gasteiger partial charge is 0.269 e. The quantitative estimate of drug-likeness (QED) is 0.802. The number of hydrogen-bond acceptors (Lipinski definition) is 4. The van der Waals surface area contributed by atoms with Crippen molar-refractivity contribution < 1.29 is 14.3 Å². The van der Waals surface area contributed by atoms with Crippen molar-refractivity contribution in [2.75, 3.05) is 19.7 Å². The third kappa shape index (κ3) is 5.63. The average Bonchev–Trinajstić information content (AvgIpc) is 3.05. The van der Waals surface area contributed by atoms with Crippen LogP contribution in [0.15, 0.2) is 18.3 Å². The molecule has 1 aliphatic heterocycles. The van der Waals surface area contributed by atoms with Gasteiger partial charge in [-0.2, -0.15) is 0 Å². The van der Waals surface area contributed by atoms with Gasteiger partial charge in [0.25, 0.3) is 11.8 Å². The summed E-state index contributed by atoms with van der Waals surface area (Å²) in [6.07, 6.45) is 4.50. The van der Waals surface area contributed by atoms with Crippen molar-refractivity contribution in [1.29, 1.82) is 0 Å². The van der Waals surface area contributed by atoms with E-state index in [1.807, 2.05) is 0 Å². The predicted molar refractivity (Wildman–Crippen MR) is 87.3 cm³/mol. The Hall–Kier alpha value is -1.95. The van der Waals surface area contributed by atoms with Crippen LogP contribution in [0.25, 0.3) is 0 Å². The molecule has 1 aromatic rings. The van der Waals surface area contributed by atoms with Crippen molar-refractivity contribution in [2.45, 2.75) is 39.2 Å². The minimum absolute atomic E-state index is 0.0968. The molecular weight excluding hydrogens is 294 g/mol. The number of rotatable bonds is 7. The van der Waals surface area contributed by atoms with E-state index in [-0.39, 0.29) is 23.6 Å². The SMILES string of the molecule is CC(C)CCNC(=O)c1cc(C(=O)NCC2CCCO2)ccn1. The molecule has 0 spiro atoms. The second-order valence-corrected chi connectivity index (χ2v) is 6.21. The van der Waals surface area contributed by atoms with E-state index >= 15 is 0 Å². The largest absolute Gasteiger partial charge is 0.376 e. The Labute approximate surface area is 137 Å². The highest BCUT2D eigenvalue weighted by molar-refractivity contribution is 5.98. The molecule has 0 saturated carbocycles. The van der Waals surface area contributed by atoms with E-state index in [1.54, 1.807) is 6.07 Å². The van der Waals surface area contributed by atoms with E-state index in [2.05, 4.69) is 29.5 Å². The van der Waals surface area contributed by atoms with E-state index in [4.69, 9.17) is 4.74 Å². The fourth-order valence-electron chi connectivity index (χ4n) is 2.37. The molecule has 0 radical (unpaired) electrons. The Morgan fingerprint density at radius 2 is 2.17 bits per heavy atom. The number of aromatic nitrogens is 1. The molecule has 6 nitrogen and oxygen atoms in total. The third-order valence-corrected chi connectivity index (χ3v) is 3.78. The summed E-state index contributed by atoms with van der Waals surface area (Å²) in [7, 11) is 0. The lowest BCUT2D eigenvalue weighted by atomic mass is 10.1. The van der Waals surface area contributed by atoms with Crippen molar-refractivity contribution in [1.82, 2.24) is 15.6 Å². The second-order valence-electron chi connectivity index (χ2n) is 6.21. The minimum Gasteiger partial charge on any atom is -0.376 e. The van der Waals surface area contributed by atoms with E-state index in [0.717, 1.165) is 25.9 Å². The Kier molecular flexibility index (Phi) is 6.52. The van der Waals surface area contributed by atoms with Gasteiger partial charge in [-0.15, -0.1) is 0 Å². The van der Waals surface area contributed by atoms with Crippen LogP contribution in [0.1, 0.15) is 54.0 Å². The molecule has 2 N–H and O–H groups in total. The van der Waals surface area contributed by atoms with Crippen LogP contribution in [0.2, 0.25) is 0 Å². The Bertz CT molecular complexity index is 540. The first-order valence-corrected chi connectivity index (χ1v) is 8.20. The van der Waals surface area contributed by atoms with Gasteiger partial charge < -0.3 is 15.4 Å². The van der Waals surface area contributed by atoms with Crippen LogP contribution >= 0.6 is 0 Å². The first kappa shape index (κ1) is 17.4. The standard InChI is InChI=1S/C17H25N3O3/c1-12(2)5-7-19-17(22)15-10-13(6-8-18-15)16(21)20-11-14-4-3-9-23-14/h6,8,10,12,14H,3-5,7,9,11H2,1-2H3,(H,19,22)(H,20,21). The zero-order chi connectivity index (χ0) is 16.7. The van der Waals surface area contributed by atoms with Gasteiger partial charge in [-0.25, -0.2) is 0 Å². The zero-order valence-electron chi connectivity index (χ0n) is 13.8. The third-order valence-electron chi connectivity index (χ3n) is 3.78. The molecule has 0 aromatic carbocycles. The van der Waals surface area contributed by atoms with Crippen LogP contribution in [0.3, 0.4) is 0 Å². The van der Waals surface area contributed by atoms with Crippen LogP contribution in [0, 0.1) is 5.92 Å². The Balaban J connectivity index is 1.87. The van der Waals surface area contributed by atoms with Crippen LogP contribution in [-0.4, -0.2) is 42.6 Å². The average molecular weight is 319 g/mol. The highest BCUT2D eigenvalue weighted by atomic mass is 16.5. The summed E-state index contributed by atoms with van der Waals surface area (Å²) in [5, 5.41) is 5.66. The lowest BCUT2D eigenvalue weighted by Crippen LogP contribution is -2.32. The summed E-state index contributed by atoms with van der Waals surface area (Å²) >= 11 is 0. The summed E-state index contributed by atoms with van der Waals surface area (Å²) in [6.45, 7) is 6.06. The van der Waals surface area contributed by atoms with E-state index in [1.165, 1.54) is 12.3 Å². The molecule has 1 aliphatic rings. The molecule has 2 amide bonds. The fourth-order valence-corrected chi connectivity index (χ4v) is 2.37. The molecule has 126 valence electrons. The van der Waals surface area contributed by atoms with Gasteiger partial charge in [0.2, 0.25) is 0 Å². The van der Waals surface area contributed by atoms with E-state index in [9.17, 15) is 9.59 Å². The number of nitrogens with zero attached hydrogens (tertiary/aromatic N) is 1. The Morgan fingerprint density at radius 3 is 2.87 bits per heavy atom. The normalized spacial score (nSPS) is 17.3. The number of amides is 2. The lowest BCUT2D eigenvalue weighted by Gasteiger charge is -2.11. The van der Waals surface area contributed by atoms with Gasteiger partial charge in [0.1, 0.15) is 5.69 Å². The number of carbonyl (C=O) groups excluding carboxylic acids is 2. The van der Waals surface area contributed by atoms with Crippen LogP contribution < -0.4 is 10.6 Å². The molecule has 1 unspecified atom stereocenters. The molecule has 6 heteroatoms. The molecule has 1 aromatic heterocycles. The lowest BCUT2D eigenvalue weighted by molar-refractivity contribution is 0.0857. The van der Waals surface area contributed by atoms with Crippen molar-refractivity contribution in [3.63, 3.8) is 0 Å². The second kappa shape index (κ2) is 8.62. The van der Waals surface area contributed by atoms with Crippen LogP contribution in [0.5, 0.6) is 0 Å². The minimum atomic E-state index is -0.251. The summed E-state index contributed by atoms with van der Waals surface area (Å²) < 4.78 is 5.47. The van der Waals surface area contributed by atoms with Crippen molar-refractivity contribution in [3.8, 4) is 0 Å². The highest BCUT2D eigenvalue weighted by Crippen LogP contribution is 2.11. The van der Waals surface area contributed by atoms with E-state index in [0.29, 0.717) is 24.6 Å². The Morgan fingerprint density at radius 1 is 1.35 bits per heavy atom. The number of carbonyl (C=O) groups is 2. The van der Waals surface area contributed by atoms with Crippen molar-refractivity contribution >= 4 is 11.8 Å². The topological polar surface area (TPSA) is 80.3 Å². The monoisotopic (exact) mass is 319 g/mol. The van der Waals surface area contributed by atoms with Gasteiger partial charge in [-0.1, -0.05) is 13.8 Å². The molecule has 1 atom stereocenters. The number of pyridine rings is 1. The molecule has 2 heterocycles. The van der Waals surface area contributed by atoms with Gasteiger partial charge >= 0.3 is 0 Å². The number of hydrogen-bond donors (Lipinski definition) is 2. The van der Waals surface area contributed by atoms with Gasteiger partial charge in [-0.05, 0) is 37.3 Å². The summed E-state index contributed by atoms with van der Waals surface area (Å²) in [5.41, 5.74) is 0.700. The van der Waals surface area contributed by atoms with Crippen LogP contribution in [0.4, 0.5) is 0 Å². The van der Waals surface area contributed by atoms with Gasteiger partial charge in [0.05, 0.1) is 6.10 Å². The molecule has 1 saturated heterocycles.